The van der Waals surface area contributed by atoms with Crippen LogP contribution in [-0.2, 0) is 10.8 Å². The number of aromatic nitrogens is 6. The Labute approximate surface area is 330 Å². The molecular weight excluding hydrogens is 697 g/mol. The lowest BCUT2D eigenvalue weighted by atomic mass is 9.63. The molecule has 0 atom stereocenters. The predicted molar refractivity (Wildman–Crippen MR) is 234 cm³/mol. The number of pyridine rings is 2. The van der Waals surface area contributed by atoms with Crippen molar-refractivity contribution in [2.75, 3.05) is 0 Å². The number of hydrogen-bond donors (Lipinski definition) is 0. The van der Waals surface area contributed by atoms with Crippen molar-refractivity contribution in [2.24, 2.45) is 0 Å². The van der Waals surface area contributed by atoms with Gasteiger partial charge in [0.1, 0.15) is 5.69 Å². The second-order valence-electron chi connectivity index (χ2n) is 16.8. The molecule has 4 aromatic heterocycles. The number of nitrogens with zero attached hydrogens (tertiary/aromatic N) is 6. The zero-order chi connectivity index (χ0) is 38.5. The van der Waals surface area contributed by atoms with E-state index in [1.807, 2.05) is 18.3 Å². The molecular formula is C51H40N6. The summed E-state index contributed by atoms with van der Waals surface area (Å²) in [6, 6.07) is 49.3. The molecule has 0 radical (unpaired) electrons. The summed E-state index contributed by atoms with van der Waals surface area (Å²) in [5.74, 6) is 1.70. The summed E-state index contributed by atoms with van der Waals surface area (Å²) >= 11 is 0. The van der Waals surface area contributed by atoms with Crippen molar-refractivity contribution < 1.29 is 0 Å². The summed E-state index contributed by atoms with van der Waals surface area (Å²) in [7, 11) is 0. The molecule has 1 aliphatic rings. The second-order valence-corrected chi connectivity index (χ2v) is 16.8. The van der Waals surface area contributed by atoms with Gasteiger partial charge in [0.15, 0.2) is 17.5 Å². The fourth-order valence-electron chi connectivity index (χ4n) is 9.10. The van der Waals surface area contributed by atoms with Gasteiger partial charge in [-0.05, 0) is 88.0 Å². The summed E-state index contributed by atoms with van der Waals surface area (Å²) < 4.78 is 2.42. The van der Waals surface area contributed by atoms with Crippen molar-refractivity contribution in [1.29, 1.82) is 0 Å². The largest absolute Gasteiger partial charge is 0.309 e. The maximum Gasteiger partial charge on any atom is 0.182 e. The first kappa shape index (κ1) is 33.5. The van der Waals surface area contributed by atoms with Gasteiger partial charge in [0.25, 0.3) is 0 Å². The summed E-state index contributed by atoms with van der Waals surface area (Å²) in [6.07, 6.45) is 4.15. The van der Waals surface area contributed by atoms with Crippen molar-refractivity contribution in [3.8, 4) is 40.0 Å². The Bertz CT molecular complexity index is 3260. The lowest BCUT2D eigenvalue weighted by Crippen LogP contribution is -2.33. The SMILES string of the molecule is CC1(C)CCC(C)(C)c2cc3c(cc21)c1ccccc1n3-c1cccc(-c2nc(-c3ccc4ccc5cccnc5c4n3)nc(-c3cccc4ccccc34)n2)c1. The average Bonchev–Trinajstić information content (AvgIpc) is 3.58. The van der Waals surface area contributed by atoms with Crippen LogP contribution >= 0.6 is 0 Å². The fourth-order valence-corrected chi connectivity index (χ4v) is 9.10. The van der Waals surface area contributed by atoms with Gasteiger partial charge in [-0.1, -0.05) is 125 Å². The molecule has 0 saturated heterocycles. The third-order valence-corrected chi connectivity index (χ3v) is 12.3. The third-order valence-electron chi connectivity index (χ3n) is 12.3. The molecule has 0 spiro atoms. The molecule has 10 aromatic rings. The summed E-state index contributed by atoms with van der Waals surface area (Å²) in [6.45, 7) is 9.60. The molecule has 6 heteroatoms. The van der Waals surface area contributed by atoms with Gasteiger partial charge in [0.2, 0.25) is 0 Å². The van der Waals surface area contributed by atoms with Crippen molar-refractivity contribution in [3.63, 3.8) is 0 Å². The number of fused-ring (bicyclic) bond motifs is 8. The van der Waals surface area contributed by atoms with Gasteiger partial charge < -0.3 is 4.57 Å². The van der Waals surface area contributed by atoms with Crippen LogP contribution in [0.1, 0.15) is 51.7 Å². The van der Waals surface area contributed by atoms with Crippen molar-refractivity contribution in [1.82, 2.24) is 29.5 Å². The minimum Gasteiger partial charge on any atom is -0.309 e. The number of para-hydroxylation sites is 1. The van der Waals surface area contributed by atoms with Gasteiger partial charge in [-0.15, -0.1) is 0 Å². The first-order valence-corrected chi connectivity index (χ1v) is 19.8. The van der Waals surface area contributed by atoms with Gasteiger partial charge in [0.05, 0.1) is 22.1 Å². The van der Waals surface area contributed by atoms with E-state index < -0.39 is 0 Å². The molecule has 0 unspecified atom stereocenters. The lowest BCUT2D eigenvalue weighted by molar-refractivity contribution is 0.332. The van der Waals surface area contributed by atoms with Gasteiger partial charge in [-0.2, -0.15) is 0 Å². The quantitative estimate of drug-likeness (QED) is 0.168. The van der Waals surface area contributed by atoms with Crippen LogP contribution in [0.25, 0.3) is 94.4 Å². The molecule has 0 bridgehead atoms. The summed E-state index contributed by atoms with van der Waals surface area (Å²) in [5.41, 5.74) is 10.7. The Morgan fingerprint density at radius 1 is 0.474 bits per heavy atom. The highest BCUT2D eigenvalue weighted by Crippen LogP contribution is 2.48. The van der Waals surface area contributed by atoms with E-state index in [4.69, 9.17) is 24.9 Å². The maximum absolute atomic E-state index is 5.23. The first-order chi connectivity index (χ1) is 27.7. The molecule has 6 aromatic carbocycles. The van der Waals surface area contributed by atoms with E-state index in [2.05, 4.69) is 160 Å². The van der Waals surface area contributed by atoms with Gasteiger partial charge in [-0.25, -0.2) is 19.9 Å². The molecule has 4 heterocycles. The molecule has 0 N–H and O–H groups in total. The molecule has 1 aliphatic carbocycles. The Kier molecular flexibility index (Phi) is 7.27. The normalized spacial score (nSPS) is 14.8. The lowest BCUT2D eigenvalue weighted by Gasteiger charge is -2.42. The molecule has 57 heavy (non-hydrogen) atoms. The highest BCUT2D eigenvalue weighted by atomic mass is 15.1. The van der Waals surface area contributed by atoms with Crippen LogP contribution in [0.15, 0.2) is 146 Å². The van der Waals surface area contributed by atoms with Gasteiger partial charge in [-0.3, -0.25) is 4.98 Å². The van der Waals surface area contributed by atoms with E-state index in [1.165, 1.54) is 39.4 Å². The first-order valence-electron chi connectivity index (χ1n) is 19.8. The minimum absolute atomic E-state index is 0.0839. The summed E-state index contributed by atoms with van der Waals surface area (Å²) in [5, 5.41) is 6.80. The fraction of sp³-hybridized carbons (Fsp3) is 0.157. The van der Waals surface area contributed by atoms with E-state index in [0.29, 0.717) is 23.2 Å². The minimum atomic E-state index is 0.0839. The summed E-state index contributed by atoms with van der Waals surface area (Å²) in [4.78, 5) is 25.4. The Hall–Kier alpha value is -6.79. The second kappa shape index (κ2) is 12.4. The van der Waals surface area contributed by atoms with Crippen LogP contribution in [-0.4, -0.2) is 29.5 Å². The molecule has 6 nitrogen and oxygen atoms in total. The molecule has 0 fully saturated rings. The van der Waals surface area contributed by atoms with E-state index in [0.717, 1.165) is 55.8 Å². The Balaban J connectivity index is 1.14. The Morgan fingerprint density at radius 3 is 2.00 bits per heavy atom. The van der Waals surface area contributed by atoms with Crippen LogP contribution in [0.5, 0.6) is 0 Å². The van der Waals surface area contributed by atoms with Crippen LogP contribution in [0.2, 0.25) is 0 Å². The molecule has 0 saturated carbocycles. The number of benzene rings is 6. The van der Waals surface area contributed by atoms with Crippen molar-refractivity contribution in [2.45, 2.75) is 51.4 Å². The predicted octanol–water partition coefficient (Wildman–Crippen LogP) is 12.6. The Morgan fingerprint density at radius 2 is 1.14 bits per heavy atom. The van der Waals surface area contributed by atoms with Crippen molar-refractivity contribution >= 4 is 54.4 Å². The van der Waals surface area contributed by atoms with Crippen LogP contribution in [0.4, 0.5) is 0 Å². The van der Waals surface area contributed by atoms with E-state index in [9.17, 15) is 0 Å². The standard InChI is InChI=1S/C51H40N6/c1-50(2)25-26-51(3,4)41-30-44-39(29-40(41)50)37-18-7-8-20-43(37)57(44)35-16-9-14-34(28-35)47-54-48(38-19-10-13-31-12-5-6-17-36(31)38)56-49(55-47)42-24-23-33-22-21-32-15-11-27-52-45(32)46(33)53-42/h5-24,27-30H,25-26H2,1-4H3. The van der Waals surface area contributed by atoms with Crippen molar-refractivity contribution in [3.05, 3.63) is 157 Å². The zero-order valence-corrected chi connectivity index (χ0v) is 32.5. The topological polar surface area (TPSA) is 69.4 Å². The van der Waals surface area contributed by atoms with E-state index in [-0.39, 0.29) is 10.8 Å². The highest BCUT2D eigenvalue weighted by molar-refractivity contribution is 6.10. The highest BCUT2D eigenvalue weighted by Gasteiger charge is 2.38. The van der Waals surface area contributed by atoms with Gasteiger partial charge >= 0.3 is 0 Å². The molecule has 11 rings (SSSR count). The van der Waals surface area contributed by atoms with E-state index in [1.54, 1.807) is 0 Å². The molecule has 0 amide bonds. The third kappa shape index (κ3) is 5.35. The average molecular weight is 737 g/mol. The zero-order valence-electron chi connectivity index (χ0n) is 32.5. The number of hydrogen-bond acceptors (Lipinski definition) is 5. The van der Waals surface area contributed by atoms with Crippen LogP contribution < -0.4 is 0 Å². The smallest absolute Gasteiger partial charge is 0.182 e. The van der Waals surface area contributed by atoms with Gasteiger partial charge in [0, 0.05) is 44.6 Å². The maximum atomic E-state index is 5.23. The molecule has 274 valence electrons. The number of rotatable bonds is 4. The monoisotopic (exact) mass is 736 g/mol. The molecule has 0 aliphatic heterocycles. The van der Waals surface area contributed by atoms with Crippen LogP contribution in [0.3, 0.4) is 0 Å². The van der Waals surface area contributed by atoms with Crippen LogP contribution in [0, 0.1) is 0 Å². The van der Waals surface area contributed by atoms with E-state index >= 15 is 0 Å².